The molecule has 0 radical (unpaired) electrons. The first-order valence-electron chi connectivity index (χ1n) is 12.8. The summed E-state index contributed by atoms with van der Waals surface area (Å²) in [5.74, 6) is 2.61. The molecular weight excluding hydrogens is 470 g/mol. The van der Waals surface area contributed by atoms with Crippen LogP contribution in [0.1, 0.15) is 55.2 Å². The average molecular weight is 500 g/mol. The first-order chi connectivity index (χ1) is 17.5. The summed E-state index contributed by atoms with van der Waals surface area (Å²) in [6.07, 6.45) is 12.7. The molecule has 0 amide bonds. The first-order valence-corrected chi connectivity index (χ1v) is 13.2. The van der Waals surface area contributed by atoms with Gasteiger partial charge in [-0.2, -0.15) is 0 Å². The van der Waals surface area contributed by atoms with Gasteiger partial charge in [0.1, 0.15) is 12.4 Å². The molecule has 36 heavy (non-hydrogen) atoms. The zero-order valence-electron chi connectivity index (χ0n) is 20.2. The number of aromatic nitrogens is 1. The molecule has 0 atom stereocenters. The van der Waals surface area contributed by atoms with Crippen LogP contribution in [-0.4, -0.2) is 16.1 Å². The molecule has 0 spiro atoms. The highest BCUT2D eigenvalue weighted by Crippen LogP contribution is 2.60. The Kier molecular flexibility index (Phi) is 6.08. The van der Waals surface area contributed by atoms with Gasteiger partial charge in [-0.25, -0.2) is 4.79 Å². The number of hydrogen-bond acceptors (Lipinski definition) is 3. The summed E-state index contributed by atoms with van der Waals surface area (Å²) >= 11 is 6.41. The summed E-state index contributed by atoms with van der Waals surface area (Å²) < 4.78 is 6.14. The third kappa shape index (κ3) is 4.67. The summed E-state index contributed by atoms with van der Waals surface area (Å²) in [5.41, 5.74) is 5.32. The van der Waals surface area contributed by atoms with Crippen LogP contribution in [0.4, 0.5) is 0 Å². The Bertz CT molecular complexity index is 1280. The van der Waals surface area contributed by atoms with Crippen LogP contribution in [0.5, 0.6) is 5.75 Å². The van der Waals surface area contributed by atoms with E-state index < -0.39 is 5.97 Å². The van der Waals surface area contributed by atoms with Gasteiger partial charge in [0.15, 0.2) is 0 Å². The Labute approximate surface area is 217 Å². The van der Waals surface area contributed by atoms with E-state index in [9.17, 15) is 4.79 Å². The van der Waals surface area contributed by atoms with Crippen molar-refractivity contribution in [2.24, 2.45) is 17.8 Å². The van der Waals surface area contributed by atoms with Crippen molar-refractivity contribution in [2.45, 2.75) is 50.5 Å². The normalized spacial score (nSPS) is 26.4. The maximum atomic E-state index is 10.7. The Morgan fingerprint density at radius 2 is 1.72 bits per heavy atom. The molecule has 2 aromatic carbocycles. The van der Waals surface area contributed by atoms with E-state index in [0.717, 1.165) is 35.1 Å². The molecular formula is C31H30ClNO3. The van der Waals surface area contributed by atoms with E-state index in [1.807, 2.05) is 24.3 Å². The maximum absolute atomic E-state index is 10.7. The molecule has 5 heteroatoms. The molecule has 4 aliphatic carbocycles. The molecule has 1 aromatic heterocycles. The number of halogens is 1. The second-order valence-electron chi connectivity index (χ2n) is 11.0. The summed E-state index contributed by atoms with van der Waals surface area (Å²) in [6.45, 7) is 0.545. The van der Waals surface area contributed by atoms with Crippen LogP contribution in [0.15, 0.2) is 66.9 Å². The van der Waals surface area contributed by atoms with Crippen molar-refractivity contribution in [1.29, 1.82) is 0 Å². The van der Waals surface area contributed by atoms with Crippen molar-refractivity contribution < 1.29 is 14.6 Å². The maximum Gasteiger partial charge on any atom is 0.328 e. The molecule has 0 saturated heterocycles. The highest BCUT2D eigenvalue weighted by Gasteiger charge is 2.51. The summed E-state index contributed by atoms with van der Waals surface area (Å²) in [7, 11) is 0. The minimum absolute atomic E-state index is 0.400. The fraction of sp³-hybridized carbons (Fsp3) is 0.355. The van der Waals surface area contributed by atoms with Crippen molar-refractivity contribution in [2.75, 3.05) is 0 Å². The molecule has 4 nitrogen and oxygen atoms in total. The summed E-state index contributed by atoms with van der Waals surface area (Å²) in [6, 6.07) is 18.6. The van der Waals surface area contributed by atoms with Crippen molar-refractivity contribution in [3.8, 4) is 17.0 Å². The third-order valence-corrected chi connectivity index (χ3v) is 8.68. The molecule has 184 valence electrons. The number of carbonyl (C=O) groups is 1. The fourth-order valence-electron chi connectivity index (χ4n) is 7.25. The lowest BCUT2D eigenvalue weighted by Crippen LogP contribution is -2.48. The number of ether oxygens (including phenoxy) is 1. The van der Waals surface area contributed by atoms with E-state index in [2.05, 4.69) is 29.2 Å². The zero-order chi connectivity index (χ0) is 24.7. The number of carboxylic acid groups (broad SMARTS) is 1. The van der Waals surface area contributed by atoms with E-state index in [1.165, 1.54) is 55.7 Å². The van der Waals surface area contributed by atoms with Crippen molar-refractivity contribution in [3.05, 3.63) is 88.6 Å². The van der Waals surface area contributed by atoms with Crippen molar-refractivity contribution in [1.82, 2.24) is 4.98 Å². The number of benzene rings is 2. The molecule has 4 fully saturated rings. The molecule has 0 aliphatic heterocycles. The molecule has 1 N–H and O–H groups in total. The average Bonchev–Trinajstić information content (AvgIpc) is 2.86. The standard InChI is InChI=1S/C31H30ClNO3/c32-28-14-20(4-9-29(34)35)18-33-30(28)25-5-7-27(8-6-25)36-19-21-2-1-3-26(13-21)31-15-22-10-23(16-31)12-24(11-22)17-31/h1-9,13-14,18,22-24H,10-12,15-17,19H2,(H,34,35)/b9-4+. The van der Waals surface area contributed by atoms with Gasteiger partial charge in [-0.05, 0) is 115 Å². The number of aliphatic carboxylic acids is 1. The molecule has 4 saturated carbocycles. The Balaban J connectivity index is 1.13. The van der Waals surface area contributed by atoms with Crippen molar-refractivity contribution >= 4 is 23.6 Å². The second-order valence-corrected chi connectivity index (χ2v) is 11.4. The summed E-state index contributed by atoms with van der Waals surface area (Å²) in [4.78, 5) is 15.1. The smallest absolute Gasteiger partial charge is 0.328 e. The molecule has 1 heterocycles. The van der Waals surface area contributed by atoms with Gasteiger partial charge in [-0.1, -0.05) is 35.9 Å². The Hall–Kier alpha value is -3.11. The Morgan fingerprint density at radius 3 is 2.36 bits per heavy atom. The molecule has 4 aliphatic rings. The van der Waals surface area contributed by atoms with E-state index in [0.29, 0.717) is 28.3 Å². The predicted octanol–water partition coefficient (Wildman–Crippen LogP) is 7.55. The van der Waals surface area contributed by atoms with Gasteiger partial charge in [-0.3, -0.25) is 4.98 Å². The van der Waals surface area contributed by atoms with Crippen LogP contribution in [0.25, 0.3) is 17.3 Å². The lowest BCUT2D eigenvalue weighted by molar-refractivity contribution is -0.131. The largest absolute Gasteiger partial charge is 0.489 e. The molecule has 7 rings (SSSR count). The second kappa shape index (κ2) is 9.40. The van der Waals surface area contributed by atoms with Gasteiger partial charge in [-0.15, -0.1) is 0 Å². The fourth-order valence-corrected chi connectivity index (χ4v) is 7.54. The van der Waals surface area contributed by atoms with E-state index in [4.69, 9.17) is 21.4 Å². The number of nitrogens with zero attached hydrogens (tertiary/aromatic N) is 1. The lowest BCUT2D eigenvalue weighted by Gasteiger charge is -2.57. The quantitative estimate of drug-likeness (QED) is 0.341. The van der Waals surface area contributed by atoms with Crippen molar-refractivity contribution in [3.63, 3.8) is 0 Å². The SMILES string of the molecule is O=C(O)/C=C/c1cnc(-c2ccc(OCc3cccc(C45CC6CC(CC(C6)C4)C5)c3)cc2)c(Cl)c1. The highest BCUT2D eigenvalue weighted by molar-refractivity contribution is 6.33. The van der Waals surface area contributed by atoms with Crippen LogP contribution >= 0.6 is 11.6 Å². The van der Waals surface area contributed by atoms with Crippen LogP contribution in [-0.2, 0) is 16.8 Å². The number of hydrogen-bond donors (Lipinski definition) is 1. The Morgan fingerprint density at radius 1 is 1.03 bits per heavy atom. The topological polar surface area (TPSA) is 59.4 Å². The first kappa shape index (κ1) is 23.3. The van der Waals surface area contributed by atoms with Gasteiger partial charge < -0.3 is 9.84 Å². The number of rotatable bonds is 7. The highest BCUT2D eigenvalue weighted by atomic mass is 35.5. The van der Waals surface area contributed by atoms with Gasteiger partial charge in [0, 0.05) is 17.8 Å². The van der Waals surface area contributed by atoms with Crippen LogP contribution in [0.2, 0.25) is 5.02 Å². The number of pyridine rings is 1. The number of carboxylic acids is 1. The van der Waals surface area contributed by atoms with Gasteiger partial charge >= 0.3 is 5.97 Å². The van der Waals surface area contributed by atoms with Gasteiger partial charge in [0.25, 0.3) is 0 Å². The molecule has 0 unspecified atom stereocenters. The van der Waals surface area contributed by atoms with Crippen LogP contribution in [0, 0.1) is 17.8 Å². The van der Waals surface area contributed by atoms with Crippen LogP contribution in [0.3, 0.4) is 0 Å². The van der Waals surface area contributed by atoms with Gasteiger partial charge in [0.05, 0.1) is 10.7 Å². The molecule has 4 bridgehead atoms. The van der Waals surface area contributed by atoms with Crippen LogP contribution < -0.4 is 4.74 Å². The molecule has 3 aromatic rings. The minimum atomic E-state index is -1.01. The summed E-state index contributed by atoms with van der Waals surface area (Å²) in [5, 5.41) is 9.26. The third-order valence-electron chi connectivity index (χ3n) is 8.39. The zero-order valence-corrected chi connectivity index (χ0v) is 21.0. The predicted molar refractivity (Wildman–Crippen MR) is 142 cm³/mol. The van der Waals surface area contributed by atoms with E-state index >= 15 is 0 Å². The van der Waals surface area contributed by atoms with Gasteiger partial charge in [0.2, 0.25) is 0 Å². The van der Waals surface area contributed by atoms with E-state index in [-0.39, 0.29) is 0 Å². The van der Waals surface area contributed by atoms with E-state index in [1.54, 1.807) is 12.3 Å². The lowest BCUT2D eigenvalue weighted by atomic mass is 9.48. The minimum Gasteiger partial charge on any atom is -0.489 e. The monoisotopic (exact) mass is 499 g/mol.